The molecule has 2 rings (SSSR count). The van der Waals surface area contributed by atoms with Gasteiger partial charge in [0.2, 0.25) is 5.91 Å². The van der Waals surface area contributed by atoms with Crippen molar-refractivity contribution in [3.05, 3.63) is 36.1 Å². The summed E-state index contributed by atoms with van der Waals surface area (Å²) >= 11 is -0.196. The molecule has 1 unspecified atom stereocenters. The third kappa shape index (κ3) is 4.70. The van der Waals surface area contributed by atoms with E-state index in [1.165, 1.54) is 0 Å². The Hall–Kier alpha value is -1.63. The predicted molar refractivity (Wildman–Crippen MR) is 75.9 cm³/mol. The average Bonchev–Trinajstić information content (AvgIpc) is 2.80. The van der Waals surface area contributed by atoms with Crippen LogP contribution in [-0.2, 0) is 4.79 Å². The minimum Gasteiger partial charge on any atom is -0.459 e. The first-order valence-corrected chi connectivity index (χ1v) is 7.32. The molecule has 0 aliphatic rings. The number of nitrogens with one attached hydrogen (secondary N) is 1. The largest absolute Gasteiger partial charge is 0.459 e. The Kier molecular flexibility index (Phi) is 4.82. The summed E-state index contributed by atoms with van der Waals surface area (Å²) in [4.78, 5) is 11.6. The van der Waals surface area contributed by atoms with Crippen molar-refractivity contribution >= 4 is 28.6 Å². The molecule has 0 saturated heterocycles. The Balaban J connectivity index is 1.88. The summed E-state index contributed by atoms with van der Waals surface area (Å²) in [6, 6.07) is 8.84. The maximum Gasteiger partial charge on any atom is 0.441 e. The van der Waals surface area contributed by atoms with Crippen molar-refractivity contribution < 1.29 is 22.4 Å². The standard InChI is InChI=1S/C14H14F3NO2S/c1-9(18-13(19)6-7-21-14(15,16)17)12-8-10-4-2-3-5-11(10)20-12/h2-5,8-9H,6-7H2,1H3,(H,18,19). The van der Waals surface area contributed by atoms with Gasteiger partial charge in [-0.05, 0) is 19.1 Å². The summed E-state index contributed by atoms with van der Waals surface area (Å²) in [5.74, 6) is -0.143. The van der Waals surface area contributed by atoms with Gasteiger partial charge >= 0.3 is 5.51 Å². The normalized spacial score (nSPS) is 13.3. The van der Waals surface area contributed by atoms with Crippen LogP contribution in [0.2, 0.25) is 0 Å². The quantitative estimate of drug-likeness (QED) is 0.896. The minimum atomic E-state index is -4.30. The summed E-state index contributed by atoms with van der Waals surface area (Å²) in [7, 11) is 0. The number of rotatable bonds is 5. The third-order valence-electron chi connectivity index (χ3n) is 2.84. The topological polar surface area (TPSA) is 42.2 Å². The van der Waals surface area contributed by atoms with Gasteiger partial charge in [-0.25, -0.2) is 0 Å². The van der Waals surface area contributed by atoms with Crippen molar-refractivity contribution in [3.8, 4) is 0 Å². The SMILES string of the molecule is CC(NC(=O)CCSC(F)(F)F)c1cc2ccccc2o1. The van der Waals surface area contributed by atoms with Gasteiger partial charge in [0.15, 0.2) is 0 Å². The summed E-state index contributed by atoms with van der Waals surface area (Å²) in [6.45, 7) is 1.73. The summed E-state index contributed by atoms with van der Waals surface area (Å²) < 4.78 is 41.5. The molecule has 1 atom stereocenters. The van der Waals surface area contributed by atoms with Crippen LogP contribution in [0.3, 0.4) is 0 Å². The maximum absolute atomic E-state index is 12.0. The van der Waals surface area contributed by atoms with Crippen molar-refractivity contribution in [1.82, 2.24) is 5.32 Å². The highest BCUT2D eigenvalue weighted by molar-refractivity contribution is 8.00. The van der Waals surface area contributed by atoms with Crippen LogP contribution in [0.4, 0.5) is 13.2 Å². The number of hydrogen-bond acceptors (Lipinski definition) is 3. The van der Waals surface area contributed by atoms with Crippen LogP contribution < -0.4 is 5.32 Å². The van der Waals surface area contributed by atoms with Crippen molar-refractivity contribution in [3.63, 3.8) is 0 Å². The van der Waals surface area contributed by atoms with Crippen LogP contribution in [0.25, 0.3) is 11.0 Å². The number of amides is 1. The van der Waals surface area contributed by atoms with Gasteiger partial charge in [-0.3, -0.25) is 4.79 Å². The number of benzene rings is 1. The highest BCUT2D eigenvalue weighted by Gasteiger charge is 2.28. The van der Waals surface area contributed by atoms with E-state index in [4.69, 9.17) is 4.42 Å². The van der Waals surface area contributed by atoms with Gasteiger partial charge in [0.05, 0.1) is 6.04 Å². The van der Waals surface area contributed by atoms with Crippen molar-refractivity contribution in [1.29, 1.82) is 0 Å². The second kappa shape index (κ2) is 6.43. The van der Waals surface area contributed by atoms with Gasteiger partial charge in [0, 0.05) is 17.6 Å². The number of halogens is 3. The summed E-state index contributed by atoms with van der Waals surface area (Å²) in [5, 5.41) is 3.55. The number of carbonyl (C=O) groups excluding carboxylic acids is 1. The highest BCUT2D eigenvalue weighted by atomic mass is 32.2. The van der Waals surface area contributed by atoms with Gasteiger partial charge in [0.25, 0.3) is 0 Å². The Morgan fingerprint density at radius 2 is 2.10 bits per heavy atom. The minimum absolute atomic E-state index is 0.186. The van der Waals surface area contributed by atoms with Gasteiger partial charge in [-0.2, -0.15) is 13.2 Å². The molecule has 1 heterocycles. The molecule has 0 fully saturated rings. The lowest BCUT2D eigenvalue weighted by Gasteiger charge is -2.11. The lowest BCUT2D eigenvalue weighted by Crippen LogP contribution is -2.26. The van der Waals surface area contributed by atoms with Gasteiger partial charge in [0.1, 0.15) is 11.3 Å². The molecule has 7 heteroatoms. The van der Waals surface area contributed by atoms with E-state index in [-0.39, 0.29) is 30.0 Å². The molecule has 0 aliphatic heterocycles. The lowest BCUT2D eigenvalue weighted by molar-refractivity contribution is -0.121. The summed E-state index contributed by atoms with van der Waals surface area (Å²) in [6.07, 6.45) is -0.186. The van der Waals surface area contributed by atoms with E-state index in [0.717, 1.165) is 5.39 Å². The van der Waals surface area contributed by atoms with Gasteiger partial charge < -0.3 is 9.73 Å². The number of carbonyl (C=O) groups is 1. The van der Waals surface area contributed by atoms with E-state index in [9.17, 15) is 18.0 Å². The molecular formula is C14H14F3NO2S. The third-order valence-corrected chi connectivity index (χ3v) is 3.58. The fourth-order valence-corrected chi connectivity index (χ4v) is 2.38. The Morgan fingerprint density at radius 3 is 2.76 bits per heavy atom. The van der Waals surface area contributed by atoms with E-state index in [2.05, 4.69) is 5.32 Å². The zero-order valence-corrected chi connectivity index (χ0v) is 12.1. The van der Waals surface area contributed by atoms with E-state index in [1.54, 1.807) is 6.92 Å². The molecule has 114 valence electrons. The molecule has 2 aromatic rings. The zero-order chi connectivity index (χ0) is 15.5. The molecule has 0 saturated carbocycles. The fraction of sp³-hybridized carbons (Fsp3) is 0.357. The second-order valence-electron chi connectivity index (χ2n) is 4.52. The van der Waals surface area contributed by atoms with Crippen LogP contribution in [-0.4, -0.2) is 17.2 Å². The van der Waals surface area contributed by atoms with E-state index in [0.29, 0.717) is 11.3 Å². The molecule has 0 spiro atoms. The molecule has 0 aliphatic carbocycles. The molecule has 0 bridgehead atoms. The second-order valence-corrected chi connectivity index (χ2v) is 5.68. The van der Waals surface area contributed by atoms with Crippen LogP contribution in [0, 0.1) is 0 Å². The molecule has 0 radical (unpaired) electrons. The van der Waals surface area contributed by atoms with E-state index >= 15 is 0 Å². The van der Waals surface area contributed by atoms with E-state index in [1.807, 2.05) is 30.3 Å². The summed E-state index contributed by atoms with van der Waals surface area (Å²) in [5.41, 5.74) is -3.59. The molecule has 1 amide bonds. The monoisotopic (exact) mass is 317 g/mol. The molecule has 1 aromatic heterocycles. The first kappa shape index (κ1) is 15.8. The van der Waals surface area contributed by atoms with Crippen molar-refractivity contribution in [2.24, 2.45) is 0 Å². The predicted octanol–water partition coefficient (Wildman–Crippen LogP) is 4.25. The zero-order valence-electron chi connectivity index (χ0n) is 11.2. The van der Waals surface area contributed by atoms with Gasteiger partial charge in [-0.15, -0.1) is 0 Å². The Bertz CT molecular complexity index is 591. The number of hydrogen-bond donors (Lipinski definition) is 1. The van der Waals surface area contributed by atoms with Crippen molar-refractivity contribution in [2.75, 3.05) is 5.75 Å². The number of fused-ring (bicyclic) bond motifs is 1. The molecule has 21 heavy (non-hydrogen) atoms. The molecule has 1 N–H and O–H groups in total. The first-order chi connectivity index (χ1) is 9.85. The number of para-hydroxylation sites is 1. The highest BCUT2D eigenvalue weighted by Crippen LogP contribution is 2.30. The van der Waals surface area contributed by atoms with Gasteiger partial charge in [-0.1, -0.05) is 30.0 Å². The smallest absolute Gasteiger partial charge is 0.441 e. The van der Waals surface area contributed by atoms with Crippen LogP contribution in [0.15, 0.2) is 34.7 Å². The van der Waals surface area contributed by atoms with Crippen LogP contribution in [0.1, 0.15) is 25.1 Å². The fourth-order valence-electron chi connectivity index (χ4n) is 1.86. The molecular weight excluding hydrogens is 303 g/mol. The average molecular weight is 317 g/mol. The maximum atomic E-state index is 12.0. The Morgan fingerprint density at radius 1 is 1.38 bits per heavy atom. The Labute approximate surface area is 123 Å². The molecule has 1 aromatic carbocycles. The number of alkyl halides is 3. The van der Waals surface area contributed by atoms with Crippen LogP contribution >= 0.6 is 11.8 Å². The van der Waals surface area contributed by atoms with Crippen LogP contribution in [0.5, 0.6) is 0 Å². The first-order valence-electron chi connectivity index (χ1n) is 6.34. The lowest BCUT2D eigenvalue weighted by atomic mass is 10.2. The van der Waals surface area contributed by atoms with Crippen molar-refractivity contribution in [2.45, 2.75) is 24.9 Å². The number of thioether (sulfide) groups is 1. The molecule has 3 nitrogen and oxygen atoms in total. The van der Waals surface area contributed by atoms with E-state index < -0.39 is 11.4 Å². The number of furan rings is 1.